The highest BCUT2D eigenvalue weighted by Crippen LogP contribution is 2.28. The number of nitrogens with zero attached hydrogens (tertiary/aromatic N) is 1. The molecule has 5 heteroatoms. The molecule has 0 aliphatic heterocycles. The van der Waals surface area contributed by atoms with Crippen molar-refractivity contribution in [1.29, 1.82) is 0 Å². The summed E-state index contributed by atoms with van der Waals surface area (Å²) >= 11 is 5.15. The normalized spacial score (nSPS) is 14.4. The van der Waals surface area contributed by atoms with Gasteiger partial charge in [0, 0.05) is 34.4 Å². The van der Waals surface area contributed by atoms with Crippen LogP contribution in [0.5, 0.6) is 0 Å². The third kappa shape index (κ3) is 3.84. The molecule has 1 saturated carbocycles. The van der Waals surface area contributed by atoms with Crippen LogP contribution in [-0.4, -0.2) is 13.1 Å². The van der Waals surface area contributed by atoms with Crippen LogP contribution in [0.25, 0.3) is 0 Å². The number of thiophene rings is 1. The van der Waals surface area contributed by atoms with E-state index in [1.165, 1.54) is 23.8 Å². The van der Waals surface area contributed by atoms with Gasteiger partial charge in [-0.3, -0.25) is 0 Å². The summed E-state index contributed by atoms with van der Waals surface area (Å²) < 4.78 is 15.4. The minimum absolute atomic E-state index is 0.150. The molecule has 0 atom stereocenters. The Kier molecular flexibility index (Phi) is 4.62. The van der Waals surface area contributed by atoms with Crippen molar-refractivity contribution in [3.05, 3.63) is 50.4 Å². The fraction of sp³-hybridized carbons (Fsp3) is 0.375. The zero-order chi connectivity index (χ0) is 14.8. The van der Waals surface area contributed by atoms with Crippen LogP contribution in [-0.2, 0) is 13.1 Å². The van der Waals surface area contributed by atoms with Crippen molar-refractivity contribution < 1.29 is 4.39 Å². The van der Waals surface area contributed by atoms with E-state index in [9.17, 15) is 4.39 Å². The van der Waals surface area contributed by atoms with Gasteiger partial charge in [0.15, 0.2) is 0 Å². The van der Waals surface area contributed by atoms with Gasteiger partial charge in [0.25, 0.3) is 0 Å². The van der Waals surface area contributed by atoms with Gasteiger partial charge in [-0.25, -0.2) is 4.39 Å². The Morgan fingerprint density at radius 3 is 2.90 bits per heavy atom. The van der Waals surface area contributed by atoms with E-state index in [4.69, 9.17) is 0 Å². The van der Waals surface area contributed by atoms with Gasteiger partial charge in [0.1, 0.15) is 5.82 Å². The van der Waals surface area contributed by atoms with Crippen LogP contribution in [0.2, 0.25) is 0 Å². The first-order valence-corrected chi connectivity index (χ1v) is 8.75. The second-order valence-electron chi connectivity index (χ2n) is 5.49. The first kappa shape index (κ1) is 15.0. The number of para-hydroxylation sites is 1. The van der Waals surface area contributed by atoms with E-state index in [1.54, 1.807) is 17.4 Å². The Hall–Kier alpha value is -0.910. The fourth-order valence-electron chi connectivity index (χ4n) is 2.42. The Bertz CT molecular complexity index is 624. The smallest absolute Gasteiger partial charge is 0.146 e. The second-order valence-corrected chi connectivity index (χ2v) is 7.40. The highest BCUT2D eigenvalue weighted by atomic mass is 79.9. The number of nitrogens with one attached hydrogen (secondary N) is 1. The molecule has 1 fully saturated rings. The van der Waals surface area contributed by atoms with Gasteiger partial charge < -0.3 is 10.2 Å². The molecule has 1 aromatic carbocycles. The van der Waals surface area contributed by atoms with Crippen molar-refractivity contribution in [2.45, 2.75) is 32.0 Å². The molecule has 1 aromatic heterocycles. The van der Waals surface area contributed by atoms with Crippen LogP contribution in [0.3, 0.4) is 0 Å². The molecular weight excluding hydrogens is 351 g/mol. The van der Waals surface area contributed by atoms with Crippen molar-refractivity contribution in [2.24, 2.45) is 0 Å². The third-order valence-corrected chi connectivity index (χ3v) is 5.31. The number of hydrogen-bond donors (Lipinski definition) is 1. The first-order chi connectivity index (χ1) is 10.1. The zero-order valence-electron chi connectivity index (χ0n) is 11.9. The average molecular weight is 369 g/mol. The average Bonchev–Trinajstić information content (AvgIpc) is 3.19. The number of rotatable bonds is 6. The second kappa shape index (κ2) is 6.46. The summed E-state index contributed by atoms with van der Waals surface area (Å²) in [7, 11) is 1.95. The molecule has 1 N–H and O–H groups in total. The number of anilines is 1. The molecule has 0 spiro atoms. The first-order valence-electron chi connectivity index (χ1n) is 7.08. The highest BCUT2D eigenvalue weighted by Gasteiger charge is 2.21. The molecule has 0 bridgehead atoms. The lowest BCUT2D eigenvalue weighted by atomic mass is 10.1. The quantitative estimate of drug-likeness (QED) is 0.804. The summed E-state index contributed by atoms with van der Waals surface area (Å²) in [6, 6.07) is 8.05. The fourth-order valence-corrected chi connectivity index (χ4v) is 3.92. The molecule has 112 valence electrons. The lowest BCUT2D eigenvalue weighted by Crippen LogP contribution is -2.22. The molecule has 2 nitrogen and oxygen atoms in total. The van der Waals surface area contributed by atoms with E-state index in [-0.39, 0.29) is 5.82 Å². The lowest BCUT2D eigenvalue weighted by molar-refractivity contribution is 0.613. The zero-order valence-corrected chi connectivity index (χ0v) is 14.3. The van der Waals surface area contributed by atoms with Crippen molar-refractivity contribution in [3.8, 4) is 0 Å². The van der Waals surface area contributed by atoms with E-state index in [0.717, 1.165) is 16.6 Å². The van der Waals surface area contributed by atoms with Gasteiger partial charge >= 0.3 is 0 Å². The summed E-state index contributed by atoms with van der Waals surface area (Å²) in [5, 5.41) is 5.52. The molecule has 1 heterocycles. The SMILES string of the molecule is CN(Cc1cc(Br)cs1)c1c(F)cccc1CNC1CC1. The minimum Gasteiger partial charge on any atom is -0.367 e. The maximum Gasteiger partial charge on any atom is 0.146 e. The van der Waals surface area contributed by atoms with Crippen LogP contribution < -0.4 is 10.2 Å². The predicted octanol–water partition coefficient (Wildman–Crippen LogP) is 4.54. The summed E-state index contributed by atoms with van der Waals surface area (Å²) in [6.45, 7) is 1.45. The standard InChI is InChI=1S/C16H18BrFN2S/c1-20(9-14-7-12(17)10-21-14)16-11(3-2-4-15(16)18)8-19-13-5-6-13/h2-4,7,10,13,19H,5-6,8-9H2,1H3. The van der Waals surface area contributed by atoms with Crippen molar-refractivity contribution >= 4 is 33.0 Å². The van der Waals surface area contributed by atoms with E-state index in [2.05, 4.69) is 32.7 Å². The van der Waals surface area contributed by atoms with Gasteiger partial charge in [-0.05, 0) is 46.5 Å². The van der Waals surface area contributed by atoms with Crippen LogP contribution in [0.1, 0.15) is 23.3 Å². The summed E-state index contributed by atoms with van der Waals surface area (Å²) in [5.74, 6) is -0.150. The van der Waals surface area contributed by atoms with E-state index in [1.807, 2.05) is 18.0 Å². The van der Waals surface area contributed by atoms with E-state index >= 15 is 0 Å². The van der Waals surface area contributed by atoms with Crippen molar-refractivity contribution in [1.82, 2.24) is 5.32 Å². The van der Waals surface area contributed by atoms with Crippen LogP contribution in [0.15, 0.2) is 34.1 Å². The van der Waals surface area contributed by atoms with Gasteiger partial charge in [-0.1, -0.05) is 12.1 Å². The van der Waals surface area contributed by atoms with Gasteiger partial charge in [-0.2, -0.15) is 0 Å². The predicted molar refractivity (Wildman–Crippen MR) is 90.4 cm³/mol. The van der Waals surface area contributed by atoms with E-state index < -0.39 is 0 Å². The molecule has 1 aliphatic rings. The molecule has 0 amide bonds. The maximum atomic E-state index is 14.3. The largest absolute Gasteiger partial charge is 0.367 e. The van der Waals surface area contributed by atoms with Crippen LogP contribution in [0.4, 0.5) is 10.1 Å². The molecule has 0 saturated heterocycles. The molecule has 2 aromatic rings. The Labute approximate surface area is 137 Å². The minimum atomic E-state index is -0.150. The maximum absolute atomic E-state index is 14.3. The molecule has 0 radical (unpaired) electrons. The third-order valence-electron chi connectivity index (χ3n) is 3.63. The Balaban J connectivity index is 1.77. The molecule has 21 heavy (non-hydrogen) atoms. The van der Waals surface area contributed by atoms with Crippen LogP contribution in [0, 0.1) is 5.82 Å². The number of hydrogen-bond acceptors (Lipinski definition) is 3. The topological polar surface area (TPSA) is 15.3 Å². The Morgan fingerprint density at radius 1 is 1.43 bits per heavy atom. The van der Waals surface area contributed by atoms with Gasteiger partial charge in [0.05, 0.1) is 12.2 Å². The highest BCUT2D eigenvalue weighted by molar-refractivity contribution is 9.10. The molecule has 0 unspecified atom stereocenters. The van der Waals surface area contributed by atoms with Gasteiger partial charge in [0.2, 0.25) is 0 Å². The number of benzene rings is 1. The summed E-state index contributed by atoms with van der Waals surface area (Å²) in [4.78, 5) is 3.21. The summed E-state index contributed by atoms with van der Waals surface area (Å²) in [5.41, 5.74) is 1.73. The van der Waals surface area contributed by atoms with Gasteiger partial charge in [-0.15, -0.1) is 11.3 Å². The molecule has 1 aliphatic carbocycles. The molecular formula is C16H18BrFN2S. The van der Waals surface area contributed by atoms with Crippen molar-refractivity contribution in [3.63, 3.8) is 0 Å². The monoisotopic (exact) mass is 368 g/mol. The lowest BCUT2D eigenvalue weighted by Gasteiger charge is -2.23. The van der Waals surface area contributed by atoms with Crippen molar-refractivity contribution in [2.75, 3.05) is 11.9 Å². The summed E-state index contributed by atoms with van der Waals surface area (Å²) in [6.07, 6.45) is 2.48. The van der Waals surface area contributed by atoms with Crippen LogP contribution >= 0.6 is 27.3 Å². The number of halogens is 2. The molecule has 3 rings (SSSR count). The Morgan fingerprint density at radius 2 is 2.24 bits per heavy atom. The van der Waals surface area contributed by atoms with E-state index in [0.29, 0.717) is 18.3 Å².